The Morgan fingerprint density at radius 1 is 1.23 bits per heavy atom. The molecule has 1 aromatic carbocycles. The first-order valence-corrected chi connectivity index (χ1v) is 9.51. The zero-order valence-corrected chi connectivity index (χ0v) is 16.8. The Labute approximate surface area is 158 Å². The van der Waals surface area contributed by atoms with Crippen LogP contribution < -0.4 is 0 Å². The molecular formula is C20H24N2O3S. The van der Waals surface area contributed by atoms with E-state index in [1.54, 1.807) is 11.8 Å². The fourth-order valence-corrected chi connectivity index (χ4v) is 4.28. The Morgan fingerprint density at radius 3 is 2.38 bits per heavy atom. The largest absolute Gasteiger partial charge is 0.466 e. The number of carbonyl (C=O) groups excluding carboxylic acids is 2. The Kier molecular flexibility index (Phi) is 4.73. The van der Waals surface area contributed by atoms with Crippen molar-refractivity contribution in [3.8, 4) is 0 Å². The predicted octanol–water partition coefficient (Wildman–Crippen LogP) is 3.81. The van der Waals surface area contributed by atoms with Crippen molar-refractivity contribution in [1.29, 1.82) is 0 Å². The number of carbonyl (C=O) groups is 2. The van der Waals surface area contributed by atoms with Crippen molar-refractivity contribution in [3.05, 3.63) is 46.7 Å². The number of allylic oxidation sites excluding steroid dienone is 1. The molecule has 0 spiro atoms. The van der Waals surface area contributed by atoms with Gasteiger partial charge in [-0.05, 0) is 30.4 Å². The molecule has 0 bridgehead atoms. The highest BCUT2D eigenvalue weighted by atomic mass is 32.2. The molecule has 0 unspecified atom stereocenters. The summed E-state index contributed by atoms with van der Waals surface area (Å²) in [5.41, 5.74) is 3.13. The fourth-order valence-electron chi connectivity index (χ4n) is 3.25. The number of fused-ring (bicyclic) bond motifs is 1. The fraction of sp³-hybridized carbons (Fsp3) is 0.450. The van der Waals surface area contributed by atoms with Crippen LogP contribution in [0.3, 0.4) is 0 Å². The highest BCUT2D eigenvalue weighted by molar-refractivity contribution is 8.15. The number of rotatable bonds is 2. The molecule has 138 valence electrons. The summed E-state index contributed by atoms with van der Waals surface area (Å²) in [5, 5.41) is 0.437. The van der Waals surface area contributed by atoms with E-state index in [1.807, 2.05) is 19.1 Å². The summed E-state index contributed by atoms with van der Waals surface area (Å²) in [5.74, 6) is -0.486. The molecule has 2 atom stereocenters. The van der Waals surface area contributed by atoms with Crippen LogP contribution in [0.5, 0.6) is 0 Å². The van der Waals surface area contributed by atoms with Gasteiger partial charge in [0.15, 0.2) is 5.17 Å². The minimum Gasteiger partial charge on any atom is -0.466 e. The molecule has 0 aliphatic carbocycles. The zero-order valence-electron chi connectivity index (χ0n) is 16.0. The summed E-state index contributed by atoms with van der Waals surface area (Å²) in [6.07, 6.45) is 0. The number of amides is 1. The van der Waals surface area contributed by atoms with E-state index in [0.717, 1.165) is 5.56 Å². The van der Waals surface area contributed by atoms with Gasteiger partial charge in [-0.1, -0.05) is 56.8 Å². The number of thioether (sulfide) groups is 1. The maximum Gasteiger partial charge on any atom is 0.338 e. The topological polar surface area (TPSA) is 59.0 Å². The highest BCUT2D eigenvalue weighted by Gasteiger charge is 2.46. The van der Waals surface area contributed by atoms with Gasteiger partial charge in [-0.3, -0.25) is 9.69 Å². The second-order valence-corrected chi connectivity index (χ2v) is 8.94. The molecule has 2 heterocycles. The van der Waals surface area contributed by atoms with E-state index in [-0.39, 0.29) is 16.6 Å². The molecule has 0 aromatic heterocycles. The molecule has 6 heteroatoms. The van der Waals surface area contributed by atoms with E-state index in [2.05, 4.69) is 37.9 Å². The van der Waals surface area contributed by atoms with Crippen LogP contribution in [-0.4, -0.2) is 34.3 Å². The molecule has 1 aromatic rings. The van der Waals surface area contributed by atoms with Gasteiger partial charge in [0.05, 0.1) is 29.7 Å². The van der Waals surface area contributed by atoms with Crippen molar-refractivity contribution < 1.29 is 14.3 Å². The molecule has 5 nitrogen and oxygen atoms in total. The third kappa shape index (κ3) is 3.07. The van der Waals surface area contributed by atoms with Gasteiger partial charge in [0.25, 0.3) is 0 Å². The molecule has 2 aliphatic heterocycles. The lowest BCUT2D eigenvalue weighted by Gasteiger charge is -2.33. The van der Waals surface area contributed by atoms with Gasteiger partial charge < -0.3 is 4.74 Å². The molecule has 0 N–H and O–H groups in total. The minimum absolute atomic E-state index is 0.0302. The first-order chi connectivity index (χ1) is 12.1. The van der Waals surface area contributed by atoms with Crippen molar-refractivity contribution in [1.82, 2.24) is 4.90 Å². The van der Waals surface area contributed by atoms with Crippen LogP contribution in [-0.2, 0) is 19.7 Å². The number of ether oxygens (including phenoxy) is 1. The van der Waals surface area contributed by atoms with Crippen molar-refractivity contribution in [2.24, 2.45) is 4.99 Å². The van der Waals surface area contributed by atoms with Crippen molar-refractivity contribution >= 4 is 28.8 Å². The number of nitrogens with zero attached hydrogens (tertiary/aromatic N) is 2. The van der Waals surface area contributed by atoms with E-state index in [0.29, 0.717) is 16.4 Å². The van der Waals surface area contributed by atoms with E-state index in [4.69, 9.17) is 4.74 Å². The third-order valence-corrected chi connectivity index (χ3v) is 5.81. The predicted molar refractivity (Wildman–Crippen MR) is 104 cm³/mol. The third-order valence-electron chi connectivity index (χ3n) is 4.76. The summed E-state index contributed by atoms with van der Waals surface area (Å²) in [7, 11) is 1.35. The lowest BCUT2D eigenvalue weighted by Crippen LogP contribution is -2.40. The van der Waals surface area contributed by atoms with Gasteiger partial charge in [-0.25, -0.2) is 9.79 Å². The van der Waals surface area contributed by atoms with E-state index in [1.165, 1.54) is 24.4 Å². The maximum absolute atomic E-state index is 12.8. The summed E-state index contributed by atoms with van der Waals surface area (Å²) >= 11 is 1.43. The van der Waals surface area contributed by atoms with Gasteiger partial charge in [0.1, 0.15) is 0 Å². The number of aliphatic imine (C=N–C) groups is 1. The average molecular weight is 372 g/mol. The van der Waals surface area contributed by atoms with Crippen LogP contribution in [0.1, 0.15) is 51.8 Å². The maximum atomic E-state index is 12.8. The summed E-state index contributed by atoms with van der Waals surface area (Å²) < 4.78 is 4.99. The standard InChI is InChI=1S/C20H24N2O3S/c1-11-15(18(24)25-6)16(22-17(23)12(2)26-19(22)21-11)13-7-9-14(10-8-13)20(3,4)5/h7-10,12,16H,1-6H3/t12-,16-/m1/s1. The first kappa shape index (κ1) is 18.7. The lowest BCUT2D eigenvalue weighted by molar-refractivity contribution is -0.137. The van der Waals surface area contributed by atoms with E-state index in [9.17, 15) is 9.59 Å². The zero-order chi connectivity index (χ0) is 19.2. The van der Waals surface area contributed by atoms with Crippen LogP contribution in [0.15, 0.2) is 40.5 Å². The molecule has 0 radical (unpaired) electrons. The van der Waals surface area contributed by atoms with Crippen molar-refractivity contribution in [2.75, 3.05) is 7.11 Å². The van der Waals surface area contributed by atoms with Crippen LogP contribution >= 0.6 is 11.8 Å². The first-order valence-electron chi connectivity index (χ1n) is 8.63. The second-order valence-electron chi connectivity index (χ2n) is 7.63. The Morgan fingerprint density at radius 2 is 1.85 bits per heavy atom. The molecule has 1 saturated heterocycles. The number of methoxy groups -OCH3 is 1. The molecule has 1 amide bonds. The average Bonchev–Trinajstić information content (AvgIpc) is 2.86. The number of esters is 1. The molecular weight excluding hydrogens is 348 g/mol. The Bertz CT molecular complexity index is 818. The van der Waals surface area contributed by atoms with Gasteiger partial charge in [0, 0.05) is 0 Å². The van der Waals surface area contributed by atoms with Crippen LogP contribution in [0.4, 0.5) is 0 Å². The van der Waals surface area contributed by atoms with Crippen LogP contribution in [0.25, 0.3) is 0 Å². The van der Waals surface area contributed by atoms with Gasteiger partial charge in [-0.2, -0.15) is 0 Å². The monoisotopic (exact) mass is 372 g/mol. The van der Waals surface area contributed by atoms with Gasteiger partial charge in [0.2, 0.25) is 5.91 Å². The van der Waals surface area contributed by atoms with Gasteiger partial charge >= 0.3 is 5.97 Å². The smallest absolute Gasteiger partial charge is 0.338 e. The summed E-state index contributed by atoms with van der Waals surface area (Å²) in [4.78, 5) is 31.4. The molecule has 26 heavy (non-hydrogen) atoms. The molecule has 3 rings (SSSR count). The van der Waals surface area contributed by atoms with E-state index >= 15 is 0 Å². The number of hydrogen-bond acceptors (Lipinski definition) is 5. The molecule has 1 fully saturated rings. The van der Waals surface area contributed by atoms with Gasteiger partial charge in [-0.15, -0.1) is 0 Å². The van der Waals surface area contributed by atoms with Crippen molar-refractivity contribution in [3.63, 3.8) is 0 Å². The highest BCUT2D eigenvalue weighted by Crippen LogP contribution is 2.43. The molecule has 0 saturated carbocycles. The Balaban J connectivity index is 2.12. The number of benzene rings is 1. The number of hydrogen-bond donors (Lipinski definition) is 0. The second kappa shape index (κ2) is 6.58. The normalized spacial score (nSPS) is 23.1. The number of amidine groups is 1. The van der Waals surface area contributed by atoms with Crippen molar-refractivity contribution in [2.45, 2.75) is 51.3 Å². The summed E-state index contributed by atoms with van der Waals surface area (Å²) in [6.45, 7) is 10.1. The minimum atomic E-state index is -0.506. The summed E-state index contributed by atoms with van der Waals surface area (Å²) in [6, 6.07) is 7.59. The van der Waals surface area contributed by atoms with Crippen LogP contribution in [0.2, 0.25) is 0 Å². The quantitative estimate of drug-likeness (QED) is 0.741. The molecule has 2 aliphatic rings. The van der Waals surface area contributed by atoms with E-state index < -0.39 is 12.0 Å². The van der Waals surface area contributed by atoms with Crippen LogP contribution in [0, 0.1) is 0 Å². The Hall–Kier alpha value is -2.08. The SMILES string of the molecule is COC(=O)C1=C(C)N=C2S[C@H](C)C(=O)N2[C@@H]1c1ccc(C(C)(C)C)cc1. The lowest BCUT2D eigenvalue weighted by atomic mass is 9.85.